The largest absolute Gasteiger partial charge is 0.488 e. The predicted octanol–water partition coefficient (Wildman–Crippen LogP) is 3.45. The first kappa shape index (κ1) is 18.1. The lowest BCUT2D eigenvalue weighted by molar-refractivity contribution is -0.123. The second-order valence-corrected chi connectivity index (χ2v) is 6.95. The van der Waals surface area contributed by atoms with Crippen LogP contribution in [0.2, 0.25) is 0 Å². The van der Waals surface area contributed by atoms with Crippen LogP contribution >= 0.6 is 0 Å². The third-order valence-electron chi connectivity index (χ3n) is 4.97. The van der Waals surface area contributed by atoms with Gasteiger partial charge < -0.3 is 20.1 Å². The number of fused-ring (bicyclic) bond motifs is 2. The average Bonchev–Trinajstić information content (AvgIpc) is 2.72. The van der Waals surface area contributed by atoms with Gasteiger partial charge in [0.05, 0.1) is 17.3 Å². The third-order valence-corrected chi connectivity index (χ3v) is 4.97. The summed E-state index contributed by atoms with van der Waals surface area (Å²) in [5.74, 6) is 1.11. The van der Waals surface area contributed by atoms with Gasteiger partial charge in [0.15, 0.2) is 6.10 Å². The standard InChI is InChI=1S/C22H22N2O4/c1-3-18-22(26)24-17-9-8-14(11-20(17)28-18)13(2)23-21(25)16-10-15-6-4-5-7-19(15)27-12-16/h4-11,13,18H,3,12H2,1-2H3,(H,23,25)(H,24,26)/t13-,18-/m1/s1. The van der Waals surface area contributed by atoms with E-state index >= 15 is 0 Å². The molecule has 0 unspecified atom stereocenters. The van der Waals surface area contributed by atoms with Gasteiger partial charge in [0, 0.05) is 5.56 Å². The van der Waals surface area contributed by atoms with E-state index in [2.05, 4.69) is 10.6 Å². The summed E-state index contributed by atoms with van der Waals surface area (Å²) in [5, 5.41) is 5.86. The minimum absolute atomic E-state index is 0.131. The Labute approximate surface area is 163 Å². The Morgan fingerprint density at radius 1 is 1.25 bits per heavy atom. The molecule has 0 radical (unpaired) electrons. The molecule has 0 bridgehead atoms. The van der Waals surface area contributed by atoms with Gasteiger partial charge in [-0.3, -0.25) is 9.59 Å². The SMILES string of the molecule is CC[C@H]1Oc2cc([C@@H](C)NC(=O)C3=Cc4ccccc4OC3)ccc2NC1=O. The van der Waals surface area contributed by atoms with Crippen molar-refractivity contribution < 1.29 is 19.1 Å². The molecule has 2 amide bonds. The summed E-state index contributed by atoms with van der Waals surface area (Å²) >= 11 is 0. The van der Waals surface area contributed by atoms with E-state index in [1.54, 1.807) is 6.07 Å². The van der Waals surface area contributed by atoms with Gasteiger partial charge in [-0.2, -0.15) is 0 Å². The Morgan fingerprint density at radius 2 is 2.07 bits per heavy atom. The first-order valence-corrected chi connectivity index (χ1v) is 9.40. The van der Waals surface area contributed by atoms with Crippen molar-refractivity contribution in [3.05, 3.63) is 59.2 Å². The number of anilines is 1. The smallest absolute Gasteiger partial charge is 0.265 e. The summed E-state index contributed by atoms with van der Waals surface area (Å²) in [6.07, 6.45) is 1.97. The van der Waals surface area contributed by atoms with E-state index in [1.165, 1.54) is 0 Å². The Bertz CT molecular complexity index is 967. The summed E-state index contributed by atoms with van der Waals surface area (Å²) in [4.78, 5) is 24.6. The van der Waals surface area contributed by atoms with Crippen LogP contribution in [0.25, 0.3) is 6.08 Å². The second-order valence-electron chi connectivity index (χ2n) is 6.95. The number of amides is 2. The minimum atomic E-state index is -0.489. The zero-order valence-electron chi connectivity index (χ0n) is 15.8. The highest BCUT2D eigenvalue weighted by Gasteiger charge is 2.27. The number of para-hydroxylation sites is 1. The summed E-state index contributed by atoms with van der Waals surface area (Å²) in [6.45, 7) is 4.06. The Balaban J connectivity index is 1.49. The van der Waals surface area contributed by atoms with Crippen molar-refractivity contribution in [2.45, 2.75) is 32.4 Å². The van der Waals surface area contributed by atoms with E-state index in [9.17, 15) is 9.59 Å². The van der Waals surface area contributed by atoms with Crippen LogP contribution in [0.4, 0.5) is 5.69 Å². The fourth-order valence-corrected chi connectivity index (χ4v) is 3.32. The van der Waals surface area contributed by atoms with E-state index < -0.39 is 6.10 Å². The minimum Gasteiger partial charge on any atom is -0.488 e. The molecule has 0 saturated heterocycles. The van der Waals surface area contributed by atoms with Crippen LogP contribution in [0.1, 0.15) is 37.4 Å². The van der Waals surface area contributed by atoms with Crippen LogP contribution in [-0.2, 0) is 9.59 Å². The molecular weight excluding hydrogens is 356 g/mol. The molecule has 2 aliphatic rings. The van der Waals surface area contributed by atoms with Gasteiger partial charge in [0.1, 0.15) is 18.1 Å². The molecule has 0 fully saturated rings. The molecule has 2 aromatic rings. The Kier molecular flexibility index (Phi) is 4.77. The van der Waals surface area contributed by atoms with Crippen LogP contribution in [0, 0.1) is 0 Å². The van der Waals surface area contributed by atoms with Crippen molar-refractivity contribution >= 4 is 23.6 Å². The average molecular weight is 378 g/mol. The number of benzene rings is 2. The molecule has 144 valence electrons. The summed E-state index contributed by atoms with van der Waals surface area (Å²) in [5.41, 5.74) is 3.03. The molecule has 2 N–H and O–H groups in total. The molecule has 0 aliphatic carbocycles. The molecule has 2 aliphatic heterocycles. The predicted molar refractivity (Wildman–Crippen MR) is 106 cm³/mol. The molecule has 2 heterocycles. The van der Waals surface area contributed by atoms with Crippen molar-refractivity contribution in [3.63, 3.8) is 0 Å². The maximum absolute atomic E-state index is 12.7. The summed E-state index contributed by atoms with van der Waals surface area (Å²) in [7, 11) is 0. The van der Waals surface area contributed by atoms with Gasteiger partial charge in [0.2, 0.25) is 0 Å². The molecule has 4 rings (SSSR count). The number of hydrogen-bond acceptors (Lipinski definition) is 4. The quantitative estimate of drug-likeness (QED) is 0.854. The van der Waals surface area contributed by atoms with Crippen LogP contribution in [0.15, 0.2) is 48.0 Å². The van der Waals surface area contributed by atoms with E-state index in [-0.39, 0.29) is 24.5 Å². The molecule has 6 heteroatoms. The normalized spacial score (nSPS) is 18.4. The highest BCUT2D eigenvalue weighted by atomic mass is 16.5. The number of ether oxygens (including phenoxy) is 2. The number of hydrogen-bond donors (Lipinski definition) is 2. The fraction of sp³-hybridized carbons (Fsp3) is 0.273. The van der Waals surface area contributed by atoms with Gasteiger partial charge in [-0.15, -0.1) is 0 Å². The Hall–Kier alpha value is -3.28. The van der Waals surface area contributed by atoms with E-state index in [0.717, 1.165) is 16.9 Å². The van der Waals surface area contributed by atoms with E-state index in [0.29, 0.717) is 23.4 Å². The van der Waals surface area contributed by atoms with Gasteiger partial charge in [-0.25, -0.2) is 0 Å². The third kappa shape index (κ3) is 3.45. The Morgan fingerprint density at radius 3 is 2.89 bits per heavy atom. The van der Waals surface area contributed by atoms with Crippen LogP contribution < -0.4 is 20.1 Å². The number of carbonyl (C=O) groups is 2. The first-order chi connectivity index (χ1) is 13.5. The second kappa shape index (κ2) is 7.38. The maximum atomic E-state index is 12.7. The summed E-state index contributed by atoms with van der Waals surface area (Å²) < 4.78 is 11.5. The van der Waals surface area contributed by atoms with Crippen molar-refractivity contribution in [1.29, 1.82) is 0 Å². The molecule has 0 saturated carbocycles. The van der Waals surface area contributed by atoms with Crippen LogP contribution in [-0.4, -0.2) is 24.5 Å². The molecule has 2 aromatic carbocycles. The van der Waals surface area contributed by atoms with Gasteiger partial charge in [0.25, 0.3) is 11.8 Å². The zero-order valence-corrected chi connectivity index (χ0v) is 15.8. The highest BCUT2D eigenvalue weighted by Crippen LogP contribution is 2.33. The van der Waals surface area contributed by atoms with Crippen molar-refractivity contribution in [2.24, 2.45) is 0 Å². The molecule has 6 nitrogen and oxygen atoms in total. The lowest BCUT2D eigenvalue weighted by Crippen LogP contribution is -2.36. The number of nitrogens with one attached hydrogen (secondary N) is 2. The van der Waals surface area contributed by atoms with E-state index in [1.807, 2.05) is 56.3 Å². The maximum Gasteiger partial charge on any atom is 0.265 e. The lowest BCUT2D eigenvalue weighted by Gasteiger charge is -2.26. The van der Waals surface area contributed by atoms with Crippen LogP contribution in [0.3, 0.4) is 0 Å². The first-order valence-electron chi connectivity index (χ1n) is 9.40. The molecule has 28 heavy (non-hydrogen) atoms. The molecule has 2 atom stereocenters. The van der Waals surface area contributed by atoms with E-state index in [4.69, 9.17) is 9.47 Å². The van der Waals surface area contributed by atoms with Gasteiger partial charge >= 0.3 is 0 Å². The number of carbonyl (C=O) groups excluding carboxylic acids is 2. The topological polar surface area (TPSA) is 76.7 Å². The van der Waals surface area contributed by atoms with Gasteiger partial charge in [-0.1, -0.05) is 31.2 Å². The number of rotatable bonds is 4. The molecule has 0 aromatic heterocycles. The van der Waals surface area contributed by atoms with Crippen molar-refractivity contribution in [2.75, 3.05) is 11.9 Å². The van der Waals surface area contributed by atoms with Crippen molar-refractivity contribution in [1.82, 2.24) is 5.32 Å². The highest BCUT2D eigenvalue weighted by molar-refractivity contribution is 5.99. The lowest BCUT2D eigenvalue weighted by atomic mass is 10.0. The monoisotopic (exact) mass is 378 g/mol. The zero-order chi connectivity index (χ0) is 19.7. The molecule has 0 spiro atoms. The van der Waals surface area contributed by atoms with Crippen LogP contribution in [0.5, 0.6) is 11.5 Å². The fourth-order valence-electron chi connectivity index (χ4n) is 3.32. The summed E-state index contributed by atoms with van der Waals surface area (Å²) in [6, 6.07) is 12.9. The van der Waals surface area contributed by atoms with Gasteiger partial charge in [-0.05, 0) is 43.2 Å². The van der Waals surface area contributed by atoms with Crippen molar-refractivity contribution in [3.8, 4) is 11.5 Å². The molecular formula is C22H22N2O4.